The Morgan fingerprint density at radius 1 is 1.03 bits per heavy atom. The molecule has 1 aromatic heterocycles. The maximum atomic E-state index is 12.9. The summed E-state index contributed by atoms with van der Waals surface area (Å²) in [6, 6.07) is 12.2. The lowest BCUT2D eigenvalue weighted by molar-refractivity contribution is -0.137. The molecule has 3 aromatic rings. The second-order valence-corrected chi connectivity index (χ2v) is 7.05. The van der Waals surface area contributed by atoms with Crippen LogP contribution < -0.4 is 4.90 Å². The fourth-order valence-electron chi connectivity index (χ4n) is 3.40. The van der Waals surface area contributed by atoms with Crippen molar-refractivity contribution >= 4 is 11.6 Å². The van der Waals surface area contributed by atoms with E-state index in [9.17, 15) is 18.0 Å². The molecule has 2 heterocycles. The average molecular weight is 416 g/mol. The van der Waals surface area contributed by atoms with Crippen LogP contribution in [-0.2, 0) is 6.18 Å². The van der Waals surface area contributed by atoms with Crippen LogP contribution in [0, 0.1) is 6.92 Å². The van der Waals surface area contributed by atoms with Gasteiger partial charge < -0.3 is 14.3 Å². The maximum Gasteiger partial charge on any atom is 0.416 e. The molecule has 6 nitrogen and oxygen atoms in total. The largest absolute Gasteiger partial charge is 0.416 e. The van der Waals surface area contributed by atoms with Crippen LogP contribution in [0.5, 0.6) is 0 Å². The zero-order valence-corrected chi connectivity index (χ0v) is 16.2. The van der Waals surface area contributed by atoms with Gasteiger partial charge in [-0.05, 0) is 49.4 Å². The minimum atomic E-state index is -4.38. The predicted octanol–water partition coefficient (Wildman–Crippen LogP) is 4.03. The van der Waals surface area contributed by atoms with Gasteiger partial charge in [-0.25, -0.2) is 0 Å². The number of alkyl halides is 3. The van der Waals surface area contributed by atoms with Crippen LogP contribution >= 0.6 is 0 Å². The maximum absolute atomic E-state index is 12.9. The molecule has 0 N–H and O–H groups in total. The highest BCUT2D eigenvalue weighted by Gasteiger charge is 2.31. The van der Waals surface area contributed by atoms with Crippen molar-refractivity contribution in [2.45, 2.75) is 13.1 Å². The van der Waals surface area contributed by atoms with E-state index in [0.717, 1.165) is 17.7 Å². The van der Waals surface area contributed by atoms with Crippen molar-refractivity contribution in [3.05, 3.63) is 65.5 Å². The van der Waals surface area contributed by atoms with Crippen molar-refractivity contribution < 1.29 is 22.5 Å². The molecule has 1 saturated heterocycles. The third kappa shape index (κ3) is 4.14. The van der Waals surface area contributed by atoms with Gasteiger partial charge in [-0.15, -0.1) is 0 Å². The lowest BCUT2D eigenvalue weighted by Gasteiger charge is -2.36. The molecule has 0 radical (unpaired) electrons. The molecule has 156 valence electrons. The Balaban J connectivity index is 1.40. The van der Waals surface area contributed by atoms with Crippen LogP contribution in [-0.4, -0.2) is 47.1 Å². The van der Waals surface area contributed by atoms with Crippen molar-refractivity contribution in [2.75, 3.05) is 31.1 Å². The number of carbonyl (C=O) groups is 1. The monoisotopic (exact) mass is 416 g/mol. The lowest BCUT2D eigenvalue weighted by atomic mass is 10.1. The number of nitrogens with zero attached hydrogens (tertiary/aromatic N) is 4. The van der Waals surface area contributed by atoms with Gasteiger partial charge in [0.05, 0.1) is 5.56 Å². The first-order chi connectivity index (χ1) is 14.3. The molecule has 0 saturated carbocycles. The van der Waals surface area contributed by atoms with E-state index in [1.54, 1.807) is 42.2 Å². The van der Waals surface area contributed by atoms with Gasteiger partial charge in [0, 0.05) is 43.0 Å². The van der Waals surface area contributed by atoms with E-state index in [4.69, 9.17) is 4.52 Å². The van der Waals surface area contributed by atoms with E-state index in [-0.39, 0.29) is 5.91 Å². The topological polar surface area (TPSA) is 62.5 Å². The Morgan fingerprint density at radius 2 is 1.73 bits per heavy atom. The van der Waals surface area contributed by atoms with Crippen LogP contribution in [0.15, 0.2) is 53.1 Å². The molecule has 1 aliphatic heterocycles. The summed E-state index contributed by atoms with van der Waals surface area (Å²) in [6.07, 6.45) is -4.38. The Bertz CT molecular complexity index is 1040. The minimum Gasteiger partial charge on any atom is -0.368 e. The molecule has 0 spiro atoms. The number of rotatable bonds is 3. The van der Waals surface area contributed by atoms with Gasteiger partial charge in [-0.3, -0.25) is 4.79 Å². The zero-order chi connectivity index (χ0) is 21.3. The highest BCUT2D eigenvalue weighted by atomic mass is 19.4. The Morgan fingerprint density at radius 3 is 2.33 bits per heavy atom. The van der Waals surface area contributed by atoms with Gasteiger partial charge in [-0.2, -0.15) is 18.2 Å². The summed E-state index contributed by atoms with van der Waals surface area (Å²) >= 11 is 0. The molecule has 1 amide bonds. The molecule has 0 unspecified atom stereocenters. The molecule has 9 heteroatoms. The van der Waals surface area contributed by atoms with Gasteiger partial charge in [0.1, 0.15) is 0 Å². The number of hydrogen-bond donors (Lipinski definition) is 0. The van der Waals surface area contributed by atoms with Gasteiger partial charge in [0.15, 0.2) is 5.82 Å². The quantitative estimate of drug-likeness (QED) is 0.645. The van der Waals surface area contributed by atoms with Crippen molar-refractivity contribution in [1.82, 2.24) is 15.0 Å². The first-order valence-corrected chi connectivity index (χ1v) is 9.43. The number of carbonyl (C=O) groups excluding carboxylic acids is 1. The second-order valence-electron chi connectivity index (χ2n) is 7.05. The van der Waals surface area contributed by atoms with E-state index in [1.165, 1.54) is 6.07 Å². The molecule has 0 bridgehead atoms. The average Bonchev–Trinajstić information content (AvgIpc) is 3.19. The van der Waals surface area contributed by atoms with Crippen molar-refractivity contribution in [2.24, 2.45) is 0 Å². The highest BCUT2D eigenvalue weighted by molar-refractivity contribution is 5.94. The van der Waals surface area contributed by atoms with E-state index in [0.29, 0.717) is 49.1 Å². The third-order valence-electron chi connectivity index (χ3n) is 5.01. The number of benzene rings is 2. The van der Waals surface area contributed by atoms with Gasteiger partial charge in [0.25, 0.3) is 11.8 Å². The Hall–Kier alpha value is -3.36. The molecule has 1 aliphatic rings. The standard InChI is InChI=1S/C21H19F3N4O2/c1-14-25-19(30-26-14)15-5-7-16(8-6-15)20(29)28-11-9-27(10-12-28)18-4-2-3-17(13-18)21(22,23)24/h2-8,13H,9-12H2,1H3. The molecule has 1 fully saturated rings. The Labute approximate surface area is 170 Å². The number of hydrogen-bond acceptors (Lipinski definition) is 5. The van der Waals surface area contributed by atoms with Crippen molar-refractivity contribution in [3.8, 4) is 11.5 Å². The van der Waals surface area contributed by atoms with E-state index in [1.807, 2.05) is 4.90 Å². The molecule has 30 heavy (non-hydrogen) atoms. The number of aryl methyl sites for hydroxylation is 1. The van der Waals surface area contributed by atoms with Gasteiger partial charge >= 0.3 is 6.18 Å². The summed E-state index contributed by atoms with van der Waals surface area (Å²) in [5, 5.41) is 3.75. The molecule has 4 rings (SSSR count). The van der Waals surface area contributed by atoms with E-state index in [2.05, 4.69) is 10.1 Å². The number of amides is 1. The summed E-state index contributed by atoms with van der Waals surface area (Å²) in [6.45, 7) is 3.52. The molecule has 2 aromatic carbocycles. The van der Waals surface area contributed by atoms with Crippen molar-refractivity contribution in [3.63, 3.8) is 0 Å². The first-order valence-electron chi connectivity index (χ1n) is 9.43. The van der Waals surface area contributed by atoms with Crippen LogP contribution in [0.1, 0.15) is 21.7 Å². The number of aromatic nitrogens is 2. The van der Waals surface area contributed by atoms with Crippen LogP contribution in [0.25, 0.3) is 11.5 Å². The fraction of sp³-hybridized carbons (Fsp3) is 0.286. The molecular weight excluding hydrogens is 397 g/mol. The van der Waals surface area contributed by atoms with Crippen molar-refractivity contribution in [1.29, 1.82) is 0 Å². The van der Waals surface area contributed by atoms with E-state index < -0.39 is 11.7 Å². The third-order valence-corrected chi connectivity index (χ3v) is 5.01. The van der Waals surface area contributed by atoms with Gasteiger partial charge in [0.2, 0.25) is 0 Å². The Kier molecular flexibility index (Phi) is 5.19. The second kappa shape index (κ2) is 7.81. The smallest absolute Gasteiger partial charge is 0.368 e. The number of anilines is 1. The minimum absolute atomic E-state index is 0.119. The zero-order valence-electron chi connectivity index (χ0n) is 16.2. The number of halogens is 3. The SMILES string of the molecule is Cc1noc(-c2ccc(C(=O)N3CCN(c4cccc(C(F)(F)F)c4)CC3)cc2)n1. The summed E-state index contributed by atoms with van der Waals surface area (Å²) < 4.78 is 43.9. The van der Waals surface area contributed by atoms with Crippen LogP contribution in [0.3, 0.4) is 0 Å². The molecule has 0 atom stereocenters. The summed E-state index contributed by atoms with van der Waals surface area (Å²) in [5.41, 5.74) is 1.09. The number of piperazine rings is 1. The normalized spacial score (nSPS) is 14.8. The predicted molar refractivity (Wildman–Crippen MR) is 104 cm³/mol. The summed E-state index contributed by atoms with van der Waals surface area (Å²) in [4.78, 5) is 20.5. The summed E-state index contributed by atoms with van der Waals surface area (Å²) in [7, 11) is 0. The van der Waals surface area contributed by atoms with Gasteiger partial charge in [-0.1, -0.05) is 11.2 Å². The highest BCUT2D eigenvalue weighted by Crippen LogP contribution is 2.32. The fourth-order valence-corrected chi connectivity index (χ4v) is 3.40. The van der Waals surface area contributed by atoms with Crippen LogP contribution in [0.2, 0.25) is 0 Å². The lowest BCUT2D eigenvalue weighted by Crippen LogP contribution is -2.48. The molecular formula is C21H19F3N4O2. The first kappa shape index (κ1) is 19.9. The van der Waals surface area contributed by atoms with Crippen LogP contribution in [0.4, 0.5) is 18.9 Å². The van der Waals surface area contributed by atoms with E-state index >= 15 is 0 Å². The summed E-state index contributed by atoms with van der Waals surface area (Å²) in [5.74, 6) is 0.803. The molecule has 0 aliphatic carbocycles.